The van der Waals surface area contributed by atoms with Crippen molar-refractivity contribution in [1.29, 1.82) is 0 Å². The Bertz CT molecular complexity index is 353. The highest BCUT2D eigenvalue weighted by Crippen LogP contribution is 2.05. The van der Waals surface area contributed by atoms with Gasteiger partial charge in [0, 0.05) is 7.05 Å². The third-order valence-corrected chi connectivity index (χ3v) is 1.44. The maximum absolute atomic E-state index is 4.08. The van der Waals surface area contributed by atoms with Gasteiger partial charge in [-0.15, -0.1) is 0 Å². The zero-order valence-corrected chi connectivity index (χ0v) is 7.52. The standard InChI is InChI=1S/C6H6N4.C2H6/c1-10-4-7-5-2-8-9-3-6(5)10;1-2/h2-4H,1H3;1-2H3. The van der Waals surface area contributed by atoms with Gasteiger partial charge in [0.05, 0.1) is 24.2 Å². The Labute approximate surface area is 71.3 Å². The summed E-state index contributed by atoms with van der Waals surface area (Å²) in [5, 5.41) is 7.44. The van der Waals surface area contributed by atoms with Crippen LogP contribution in [0.4, 0.5) is 0 Å². The predicted molar refractivity (Wildman–Crippen MR) is 47.7 cm³/mol. The Hall–Kier alpha value is -1.45. The second kappa shape index (κ2) is 3.80. The number of aryl methyl sites for hydroxylation is 1. The minimum absolute atomic E-state index is 0.887. The minimum Gasteiger partial charge on any atom is -0.332 e. The topological polar surface area (TPSA) is 43.6 Å². The molecule has 0 bridgehead atoms. The number of fused-ring (bicyclic) bond motifs is 1. The van der Waals surface area contributed by atoms with Crippen LogP contribution in [0.15, 0.2) is 18.7 Å². The smallest absolute Gasteiger partial charge is 0.110 e. The van der Waals surface area contributed by atoms with Crippen LogP contribution >= 0.6 is 0 Å². The molecule has 0 saturated carbocycles. The molecule has 2 aromatic heterocycles. The third-order valence-electron chi connectivity index (χ3n) is 1.44. The number of imidazole rings is 1. The van der Waals surface area contributed by atoms with Crippen molar-refractivity contribution >= 4 is 11.0 Å². The van der Waals surface area contributed by atoms with Crippen LogP contribution in [0.3, 0.4) is 0 Å². The fraction of sp³-hybridized carbons (Fsp3) is 0.375. The van der Waals surface area contributed by atoms with Crippen LogP contribution in [0.25, 0.3) is 11.0 Å². The highest BCUT2D eigenvalue weighted by atomic mass is 15.1. The Morgan fingerprint density at radius 2 is 1.83 bits per heavy atom. The maximum atomic E-state index is 4.08. The second-order valence-electron chi connectivity index (χ2n) is 2.12. The van der Waals surface area contributed by atoms with Gasteiger partial charge in [-0.05, 0) is 0 Å². The van der Waals surface area contributed by atoms with Crippen molar-refractivity contribution in [3.8, 4) is 0 Å². The fourth-order valence-corrected chi connectivity index (χ4v) is 0.891. The third kappa shape index (κ3) is 1.42. The van der Waals surface area contributed by atoms with Gasteiger partial charge in [0.2, 0.25) is 0 Å². The van der Waals surface area contributed by atoms with Crippen LogP contribution in [0, 0.1) is 0 Å². The average Bonchev–Trinajstić information content (AvgIpc) is 2.53. The van der Waals surface area contributed by atoms with E-state index in [0.29, 0.717) is 0 Å². The van der Waals surface area contributed by atoms with Crippen molar-refractivity contribution in [3.05, 3.63) is 18.7 Å². The largest absolute Gasteiger partial charge is 0.332 e. The van der Waals surface area contributed by atoms with Gasteiger partial charge >= 0.3 is 0 Å². The van der Waals surface area contributed by atoms with Crippen molar-refractivity contribution in [2.24, 2.45) is 7.05 Å². The summed E-state index contributed by atoms with van der Waals surface area (Å²) in [5.74, 6) is 0. The molecule has 4 heteroatoms. The molecule has 0 saturated heterocycles. The van der Waals surface area contributed by atoms with E-state index >= 15 is 0 Å². The van der Waals surface area contributed by atoms with Gasteiger partial charge in [-0.2, -0.15) is 10.2 Å². The van der Waals surface area contributed by atoms with Crippen molar-refractivity contribution in [3.63, 3.8) is 0 Å². The van der Waals surface area contributed by atoms with E-state index in [1.807, 2.05) is 25.5 Å². The molecule has 64 valence electrons. The number of rotatable bonds is 0. The first-order valence-corrected chi connectivity index (χ1v) is 3.95. The van der Waals surface area contributed by atoms with E-state index < -0.39 is 0 Å². The van der Waals surface area contributed by atoms with E-state index in [1.54, 1.807) is 18.7 Å². The van der Waals surface area contributed by atoms with Gasteiger partial charge < -0.3 is 4.57 Å². The molecule has 4 nitrogen and oxygen atoms in total. The first-order chi connectivity index (χ1) is 5.88. The van der Waals surface area contributed by atoms with E-state index in [4.69, 9.17) is 0 Å². The minimum atomic E-state index is 0.887. The lowest BCUT2D eigenvalue weighted by molar-refractivity contribution is 0.938. The molecule has 2 aromatic rings. The summed E-state index contributed by atoms with van der Waals surface area (Å²) in [4.78, 5) is 4.08. The van der Waals surface area contributed by atoms with Gasteiger partial charge in [-0.1, -0.05) is 13.8 Å². The monoisotopic (exact) mass is 164 g/mol. The van der Waals surface area contributed by atoms with Crippen LogP contribution < -0.4 is 0 Å². The van der Waals surface area contributed by atoms with Gasteiger partial charge in [-0.3, -0.25) is 0 Å². The van der Waals surface area contributed by atoms with Crippen molar-refractivity contribution in [2.75, 3.05) is 0 Å². The van der Waals surface area contributed by atoms with E-state index in [1.165, 1.54) is 0 Å². The zero-order valence-electron chi connectivity index (χ0n) is 7.52. The summed E-state index contributed by atoms with van der Waals surface area (Å²) in [6, 6.07) is 0. The summed E-state index contributed by atoms with van der Waals surface area (Å²) in [6.45, 7) is 4.00. The molecule has 0 spiro atoms. The van der Waals surface area contributed by atoms with Crippen LogP contribution in [0.5, 0.6) is 0 Å². The lowest BCUT2D eigenvalue weighted by Crippen LogP contribution is -1.85. The molecule has 0 aliphatic carbocycles. The first kappa shape index (κ1) is 8.64. The first-order valence-electron chi connectivity index (χ1n) is 3.95. The van der Waals surface area contributed by atoms with Crippen LogP contribution in [0.1, 0.15) is 13.8 Å². The van der Waals surface area contributed by atoms with E-state index in [9.17, 15) is 0 Å². The Kier molecular flexibility index (Phi) is 2.74. The van der Waals surface area contributed by atoms with Gasteiger partial charge in [0.15, 0.2) is 0 Å². The Morgan fingerprint density at radius 3 is 2.50 bits per heavy atom. The molecule has 0 aliphatic rings. The highest BCUT2D eigenvalue weighted by Gasteiger charge is 1.96. The van der Waals surface area contributed by atoms with E-state index in [0.717, 1.165) is 11.0 Å². The molecule has 0 N–H and O–H groups in total. The summed E-state index contributed by atoms with van der Waals surface area (Å²) in [7, 11) is 1.93. The molecule has 0 aliphatic heterocycles. The van der Waals surface area contributed by atoms with Crippen molar-refractivity contribution in [2.45, 2.75) is 13.8 Å². The molecule has 0 fully saturated rings. The van der Waals surface area contributed by atoms with Crippen molar-refractivity contribution < 1.29 is 0 Å². The lowest BCUT2D eigenvalue weighted by Gasteiger charge is -1.88. The maximum Gasteiger partial charge on any atom is 0.110 e. The second-order valence-corrected chi connectivity index (χ2v) is 2.12. The van der Waals surface area contributed by atoms with E-state index in [2.05, 4.69) is 15.2 Å². The summed E-state index contributed by atoms with van der Waals surface area (Å²) in [6.07, 6.45) is 5.09. The number of hydrogen-bond donors (Lipinski definition) is 0. The molecule has 2 heterocycles. The molecule has 0 atom stereocenters. The molecule has 2 rings (SSSR count). The summed E-state index contributed by atoms with van der Waals surface area (Å²) in [5.41, 5.74) is 1.90. The van der Waals surface area contributed by atoms with E-state index in [-0.39, 0.29) is 0 Å². The summed E-state index contributed by atoms with van der Waals surface area (Å²) >= 11 is 0. The Morgan fingerprint density at radius 1 is 1.17 bits per heavy atom. The van der Waals surface area contributed by atoms with Crippen LogP contribution in [-0.2, 0) is 7.05 Å². The summed E-state index contributed by atoms with van der Waals surface area (Å²) < 4.78 is 1.91. The molecule has 12 heavy (non-hydrogen) atoms. The molecule has 0 radical (unpaired) electrons. The number of hydrogen-bond acceptors (Lipinski definition) is 3. The Balaban J connectivity index is 0.000000336. The molecule has 0 aromatic carbocycles. The average molecular weight is 164 g/mol. The van der Waals surface area contributed by atoms with Gasteiger partial charge in [-0.25, -0.2) is 4.98 Å². The molecule has 0 unspecified atom stereocenters. The fourth-order valence-electron chi connectivity index (χ4n) is 0.891. The zero-order chi connectivity index (χ0) is 8.97. The molecular weight excluding hydrogens is 152 g/mol. The van der Waals surface area contributed by atoms with Gasteiger partial charge in [0.1, 0.15) is 5.52 Å². The highest BCUT2D eigenvalue weighted by molar-refractivity contribution is 5.72. The number of aromatic nitrogens is 4. The van der Waals surface area contributed by atoms with Crippen molar-refractivity contribution in [1.82, 2.24) is 19.7 Å². The normalized spacial score (nSPS) is 9.25. The molecular formula is C8H12N4. The quantitative estimate of drug-likeness (QED) is 0.591. The van der Waals surface area contributed by atoms with Crippen LogP contribution in [-0.4, -0.2) is 19.7 Å². The molecule has 0 amide bonds. The number of nitrogens with zero attached hydrogens (tertiary/aromatic N) is 4. The van der Waals surface area contributed by atoms with Crippen LogP contribution in [0.2, 0.25) is 0 Å². The SMILES string of the molecule is CC.Cn1cnc2cnncc21. The predicted octanol–water partition coefficient (Wildman–Crippen LogP) is 1.39. The lowest BCUT2D eigenvalue weighted by atomic mass is 10.5. The van der Waals surface area contributed by atoms with Gasteiger partial charge in [0.25, 0.3) is 0 Å².